The summed E-state index contributed by atoms with van der Waals surface area (Å²) in [6.07, 6.45) is 2.75. The highest BCUT2D eigenvalue weighted by atomic mass is 16.5. The summed E-state index contributed by atoms with van der Waals surface area (Å²) in [6.45, 7) is 2.85. The van der Waals surface area contributed by atoms with Gasteiger partial charge in [-0.1, -0.05) is 13.3 Å². The highest BCUT2D eigenvalue weighted by Gasteiger charge is 2.08. The normalized spacial score (nSPS) is 11.4. The quantitative estimate of drug-likeness (QED) is 0.471. The van der Waals surface area contributed by atoms with Gasteiger partial charge in [-0.15, -0.1) is 0 Å². The van der Waals surface area contributed by atoms with E-state index in [0.29, 0.717) is 12.7 Å². The lowest BCUT2D eigenvalue weighted by atomic mass is 10.2. The first-order valence-electron chi connectivity index (χ1n) is 4.82. The lowest BCUT2D eigenvalue weighted by molar-refractivity contribution is -0.135. The Morgan fingerprint density at radius 1 is 1.27 bits per heavy atom. The molecule has 0 fully saturated rings. The predicted octanol–water partition coefficient (Wildman–Crippen LogP) is 1.29. The Hall–Kier alpha value is -1.36. The highest BCUT2D eigenvalue weighted by Crippen LogP contribution is 2.02. The Balaban J connectivity index is 3.88. The van der Waals surface area contributed by atoms with Crippen LogP contribution in [0.4, 0.5) is 0 Å². The average Bonchev–Trinajstić information content (AvgIpc) is 2.15. The van der Waals surface area contributed by atoms with Crippen LogP contribution in [0.3, 0.4) is 0 Å². The number of aliphatic carboxylic acids is 2. The number of carboxylic acid groups (broad SMARTS) is 2. The molecule has 5 heteroatoms. The van der Waals surface area contributed by atoms with Crippen molar-refractivity contribution in [3.05, 3.63) is 11.6 Å². The fourth-order valence-corrected chi connectivity index (χ4v) is 0.920. The number of ether oxygens (including phenoxy) is 1. The molecule has 0 rings (SSSR count). The molecule has 0 bridgehead atoms. The van der Waals surface area contributed by atoms with E-state index < -0.39 is 11.9 Å². The molecule has 0 amide bonds. The van der Waals surface area contributed by atoms with E-state index in [-0.39, 0.29) is 18.6 Å². The predicted molar refractivity (Wildman–Crippen MR) is 53.7 cm³/mol. The van der Waals surface area contributed by atoms with Crippen LogP contribution < -0.4 is 0 Å². The van der Waals surface area contributed by atoms with E-state index in [1.165, 1.54) is 0 Å². The van der Waals surface area contributed by atoms with Crippen LogP contribution in [0.5, 0.6) is 0 Å². The van der Waals surface area contributed by atoms with Crippen molar-refractivity contribution in [2.45, 2.75) is 26.2 Å². The van der Waals surface area contributed by atoms with Crippen molar-refractivity contribution in [3.8, 4) is 0 Å². The van der Waals surface area contributed by atoms with E-state index in [9.17, 15) is 9.59 Å². The zero-order chi connectivity index (χ0) is 11.7. The van der Waals surface area contributed by atoms with Crippen LogP contribution in [0.15, 0.2) is 11.6 Å². The van der Waals surface area contributed by atoms with Crippen molar-refractivity contribution in [1.82, 2.24) is 0 Å². The Morgan fingerprint density at radius 3 is 2.40 bits per heavy atom. The molecule has 0 atom stereocenters. The van der Waals surface area contributed by atoms with Gasteiger partial charge in [0.25, 0.3) is 0 Å². The van der Waals surface area contributed by atoms with E-state index in [0.717, 1.165) is 12.8 Å². The molecule has 5 nitrogen and oxygen atoms in total. The van der Waals surface area contributed by atoms with Crippen LogP contribution >= 0.6 is 0 Å². The molecular weight excluding hydrogens is 200 g/mol. The first-order valence-corrected chi connectivity index (χ1v) is 4.82. The van der Waals surface area contributed by atoms with Gasteiger partial charge in [0, 0.05) is 24.7 Å². The Bertz CT molecular complexity index is 244. The average molecular weight is 216 g/mol. The summed E-state index contributed by atoms with van der Waals surface area (Å²) in [4.78, 5) is 20.8. The summed E-state index contributed by atoms with van der Waals surface area (Å²) >= 11 is 0. The lowest BCUT2D eigenvalue weighted by Crippen LogP contribution is -2.07. The molecule has 0 saturated carbocycles. The summed E-state index contributed by atoms with van der Waals surface area (Å²) in [5.41, 5.74) is -0.140. The van der Waals surface area contributed by atoms with E-state index in [4.69, 9.17) is 14.9 Å². The maximum absolute atomic E-state index is 10.6. The molecular formula is C10H16O5. The van der Waals surface area contributed by atoms with Gasteiger partial charge in [-0.05, 0) is 6.42 Å². The zero-order valence-electron chi connectivity index (χ0n) is 8.73. The summed E-state index contributed by atoms with van der Waals surface area (Å²) in [5, 5.41) is 17.0. The molecule has 15 heavy (non-hydrogen) atoms. The minimum absolute atomic E-state index is 0.116. The molecule has 0 saturated heterocycles. The third-order valence-corrected chi connectivity index (χ3v) is 1.73. The van der Waals surface area contributed by atoms with Crippen LogP contribution in [0, 0.1) is 0 Å². The highest BCUT2D eigenvalue weighted by molar-refractivity contribution is 5.94. The molecule has 0 aromatic carbocycles. The second-order valence-electron chi connectivity index (χ2n) is 3.03. The molecule has 86 valence electrons. The number of unbranched alkanes of at least 4 members (excludes halogenated alkanes) is 1. The van der Waals surface area contributed by atoms with Crippen LogP contribution in [-0.4, -0.2) is 35.4 Å². The maximum atomic E-state index is 10.6. The fourth-order valence-electron chi connectivity index (χ4n) is 0.920. The fraction of sp³-hybridized carbons (Fsp3) is 0.600. The van der Waals surface area contributed by atoms with Crippen molar-refractivity contribution < 1.29 is 24.5 Å². The van der Waals surface area contributed by atoms with Gasteiger partial charge < -0.3 is 14.9 Å². The van der Waals surface area contributed by atoms with E-state index >= 15 is 0 Å². The second-order valence-corrected chi connectivity index (χ2v) is 3.03. The third-order valence-electron chi connectivity index (χ3n) is 1.73. The minimum Gasteiger partial charge on any atom is -0.478 e. The Labute approximate surface area is 88.4 Å². The van der Waals surface area contributed by atoms with E-state index in [1.54, 1.807) is 0 Å². The SMILES string of the molecule is CCCCOCCC(=CC(=O)O)C(=O)O. The monoisotopic (exact) mass is 216 g/mol. The van der Waals surface area contributed by atoms with Gasteiger partial charge in [0.2, 0.25) is 0 Å². The lowest BCUT2D eigenvalue weighted by Gasteiger charge is -2.03. The molecule has 0 aliphatic carbocycles. The Kier molecular flexibility index (Phi) is 7.27. The van der Waals surface area contributed by atoms with Gasteiger partial charge in [-0.25, -0.2) is 9.59 Å². The Morgan fingerprint density at radius 2 is 1.93 bits per heavy atom. The van der Waals surface area contributed by atoms with Gasteiger partial charge in [-0.2, -0.15) is 0 Å². The second kappa shape index (κ2) is 7.99. The van der Waals surface area contributed by atoms with E-state index in [2.05, 4.69) is 0 Å². The van der Waals surface area contributed by atoms with Gasteiger partial charge >= 0.3 is 11.9 Å². The first-order chi connectivity index (χ1) is 7.07. The van der Waals surface area contributed by atoms with Gasteiger partial charge in [0.1, 0.15) is 0 Å². The van der Waals surface area contributed by atoms with Crippen LogP contribution in [0.25, 0.3) is 0 Å². The third kappa shape index (κ3) is 7.69. The minimum atomic E-state index is -1.25. The molecule has 0 spiro atoms. The van der Waals surface area contributed by atoms with Crippen LogP contribution in [0.1, 0.15) is 26.2 Å². The van der Waals surface area contributed by atoms with Crippen molar-refractivity contribution in [2.24, 2.45) is 0 Å². The topological polar surface area (TPSA) is 83.8 Å². The molecule has 2 N–H and O–H groups in total. The molecule has 0 radical (unpaired) electrons. The molecule has 0 aromatic heterocycles. The van der Waals surface area contributed by atoms with Crippen molar-refractivity contribution in [2.75, 3.05) is 13.2 Å². The molecule has 0 unspecified atom stereocenters. The summed E-state index contributed by atoms with van der Waals surface area (Å²) in [7, 11) is 0. The standard InChI is InChI=1S/C10H16O5/c1-2-3-5-15-6-4-8(10(13)14)7-9(11)12/h7H,2-6H2,1H3,(H,11,12)(H,13,14). The maximum Gasteiger partial charge on any atom is 0.331 e. The molecule has 0 aliphatic heterocycles. The number of hydrogen-bond acceptors (Lipinski definition) is 3. The molecule has 0 aliphatic rings. The van der Waals surface area contributed by atoms with Crippen molar-refractivity contribution >= 4 is 11.9 Å². The smallest absolute Gasteiger partial charge is 0.331 e. The summed E-state index contributed by atoms with van der Waals surface area (Å²) in [5.74, 6) is -2.46. The van der Waals surface area contributed by atoms with Gasteiger partial charge in [0.05, 0.1) is 6.61 Å². The molecule has 0 aromatic rings. The van der Waals surface area contributed by atoms with E-state index in [1.807, 2.05) is 6.92 Å². The zero-order valence-corrected chi connectivity index (χ0v) is 8.73. The largest absolute Gasteiger partial charge is 0.478 e. The number of carboxylic acids is 2. The first kappa shape index (κ1) is 13.6. The summed E-state index contributed by atoms with van der Waals surface area (Å²) in [6, 6.07) is 0. The molecule has 0 heterocycles. The van der Waals surface area contributed by atoms with Gasteiger partial charge in [0.15, 0.2) is 0 Å². The number of hydrogen-bond donors (Lipinski definition) is 2. The van der Waals surface area contributed by atoms with Crippen molar-refractivity contribution in [1.29, 1.82) is 0 Å². The summed E-state index contributed by atoms with van der Waals surface area (Å²) < 4.78 is 5.14. The van der Waals surface area contributed by atoms with Crippen molar-refractivity contribution in [3.63, 3.8) is 0 Å². The number of rotatable bonds is 8. The van der Waals surface area contributed by atoms with Crippen LogP contribution in [-0.2, 0) is 14.3 Å². The van der Waals surface area contributed by atoms with Crippen LogP contribution in [0.2, 0.25) is 0 Å². The van der Waals surface area contributed by atoms with Gasteiger partial charge in [-0.3, -0.25) is 0 Å². The number of carbonyl (C=O) groups is 2.